The molecule has 33 heavy (non-hydrogen) atoms. The van der Waals surface area contributed by atoms with Crippen molar-refractivity contribution in [1.82, 2.24) is 19.7 Å². The third-order valence-electron chi connectivity index (χ3n) is 6.46. The number of ketones is 1. The van der Waals surface area contributed by atoms with Crippen LogP contribution in [-0.4, -0.2) is 57.7 Å². The van der Waals surface area contributed by atoms with E-state index in [1.54, 1.807) is 24.4 Å². The Kier molecular flexibility index (Phi) is 5.52. The highest BCUT2D eigenvalue weighted by Gasteiger charge is 2.30. The average molecular weight is 449 g/mol. The van der Waals surface area contributed by atoms with Crippen molar-refractivity contribution >= 4 is 22.7 Å². The van der Waals surface area contributed by atoms with Gasteiger partial charge in [0.2, 0.25) is 0 Å². The molecule has 172 valence electrons. The molecule has 0 saturated carbocycles. The van der Waals surface area contributed by atoms with Crippen molar-refractivity contribution < 1.29 is 19.1 Å². The summed E-state index contributed by atoms with van der Waals surface area (Å²) in [7, 11) is 0. The van der Waals surface area contributed by atoms with Crippen LogP contribution < -0.4 is 9.47 Å². The van der Waals surface area contributed by atoms with Gasteiger partial charge < -0.3 is 14.4 Å². The first-order chi connectivity index (χ1) is 15.9. The zero-order valence-electron chi connectivity index (χ0n) is 19.2. The lowest BCUT2D eigenvalue weighted by molar-refractivity contribution is 0.0649. The minimum atomic E-state index is -0.109. The van der Waals surface area contributed by atoms with Gasteiger partial charge in [-0.05, 0) is 57.9 Å². The number of benzene rings is 1. The fraction of sp³-hybridized carbons (Fsp3) is 0.440. The molecule has 5 rings (SSSR count). The Morgan fingerprint density at radius 2 is 1.79 bits per heavy atom. The number of hydrogen-bond donors (Lipinski definition) is 0. The van der Waals surface area contributed by atoms with Crippen LogP contribution in [0.2, 0.25) is 0 Å². The smallest absolute Gasteiger partial charge is 0.255 e. The average Bonchev–Trinajstić information content (AvgIpc) is 3.25. The van der Waals surface area contributed by atoms with E-state index in [4.69, 9.17) is 9.47 Å². The van der Waals surface area contributed by atoms with Crippen molar-refractivity contribution in [2.45, 2.75) is 39.7 Å². The van der Waals surface area contributed by atoms with Crippen molar-refractivity contribution in [3.05, 3.63) is 47.3 Å². The van der Waals surface area contributed by atoms with Crippen LogP contribution in [0.3, 0.4) is 0 Å². The van der Waals surface area contributed by atoms with Gasteiger partial charge in [-0.15, -0.1) is 0 Å². The summed E-state index contributed by atoms with van der Waals surface area (Å²) in [6, 6.07) is 7.46. The predicted octanol–water partition coefficient (Wildman–Crippen LogP) is 3.83. The first-order valence-corrected chi connectivity index (χ1v) is 11.5. The summed E-state index contributed by atoms with van der Waals surface area (Å²) >= 11 is 0. The van der Waals surface area contributed by atoms with E-state index < -0.39 is 0 Å². The second-order valence-corrected chi connectivity index (χ2v) is 9.01. The van der Waals surface area contributed by atoms with Crippen molar-refractivity contribution in [3.63, 3.8) is 0 Å². The molecule has 1 aromatic carbocycles. The van der Waals surface area contributed by atoms with Gasteiger partial charge in [-0.2, -0.15) is 5.10 Å². The number of nitrogens with zero attached hydrogens (tertiary/aromatic N) is 4. The van der Waals surface area contributed by atoms with Gasteiger partial charge in [0.05, 0.1) is 17.5 Å². The number of pyridine rings is 1. The summed E-state index contributed by atoms with van der Waals surface area (Å²) in [6.07, 6.45) is 3.04. The number of likely N-dealkylation sites (tertiary alicyclic amines) is 1. The van der Waals surface area contributed by atoms with Gasteiger partial charge in [0.1, 0.15) is 13.2 Å². The normalized spacial score (nSPS) is 16.4. The maximum Gasteiger partial charge on any atom is 0.255 e. The lowest BCUT2D eigenvalue weighted by Crippen LogP contribution is -2.40. The van der Waals surface area contributed by atoms with Crippen LogP contribution in [-0.2, 0) is 0 Å². The highest BCUT2D eigenvalue weighted by Crippen LogP contribution is 2.33. The molecule has 8 nitrogen and oxygen atoms in total. The molecule has 0 bridgehead atoms. The maximum absolute atomic E-state index is 13.3. The third kappa shape index (κ3) is 3.94. The molecular formula is C25H28N4O4. The number of ether oxygens (including phenoxy) is 2. The van der Waals surface area contributed by atoms with E-state index in [-0.39, 0.29) is 23.7 Å². The molecule has 1 saturated heterocycles. The van der Waals surface area contributed by atoms with E-state index in [1.165, 1.54) is 0 Å². The molecule has 8 heteroatoms. The molecule has 1 amide bonds. The van der Waals surface area contributed by atoms with E-state index >= 15 is 0 Å². The number of aromatic nitrogens is 3. The largest absolute Gasteiger partial charge is 0.486 e. The summed E-state index contributed by atoms with van der Waals surface area (Å²) in [5, 5.41) is 5.27. The number of hydrogen-bond acceptors (Lipinski definition) is 6. The van der Waals surface area contributed by atoms with Crippen LogP contribution in [0.25, 0.3) is 11.0 Å². The highest BCUT2D eigenvalue weighted by atomic mass is 16.6. The lowest BCUT2D eigenvalue weighted by Gasteiger charge is -2.31. The Labute approximate surface area is 192 Å². The monoisotopic (exact) mass is 448 g/mol. The fourth-order valence-electron chi connectivity index (χ4n) is 4.61. The van der Waals surface area contributed by atoms with Crippen LogP contribution in [0.5, 0.6) is 11.5 Å². The number of carbonyl (C=O) groups is 2. The summed E-state index contributed by atoms with van der Waals surface area (Å²) in [5.41, 5.74) is 2.73. The second kappa shape index (κ2) is 8.50. The zero-order chi connectivity index (χ0) is 23.1. The van der Waals surface area contributed by atoms with Gasteiger partial charge in [-0.25, -0.2) is 9.67 Å². The first-order valence-electron chi connectivity index (χ1n) is 11.5. The summed E-state index contributed by atoms with van der Waals surface area (Å²) in [5.74, 6) is 1.25. The maximum atomic E-state index is 13.3. The van der Waals surface area contributed by atoms with Gasteiger partial charge in [0.15, 0.2) is 22.9 Å². The van der Waals surface area contributed by atoms with Crippen molar-refractivity contribution in [2.75, 3.05) is 26.3 Å². The molecule has 4 heterocycles. The van der Waals surface area contributed by atoms with Crippen molar-refractivity contribution in [3.8, 4) is 11.5 Å². The number of rotatable bonds is 4. The molecule has 0 atom stereocenters. The molecule has 2 aliphatic rings. The molecule has 0 radical (unpaired) electrons. The molecule has 3 aromatic rings. The number of Topliss-reactive ketones (excluding diaryl/α,β-unsaturated/α-hetero) is 1. The highest BCUT2D eigenvalue weighted by molar-refractivity contribution is 6.00. The van der Waals surface area contributed by atoms with Crippen LogP contribution in [0.15, 0.2) is 30.5 Å². The number of amides is 1. The summed E-state index contributed by atoms with van der Waals surface area (Å²) in [6.45, 7) is 8.07. The van der Waals surface area contributed by atoms with E-state index in [9.17, 15) is 9.59 Å². The molecule has 2 aliphatic heterocycles. The van der Waals surface area contributed by atoms with Gasteiger partial charge in [0, 0.05) is 36.0 Å². The number of aryl methyl sites for hydroxylation is 1. The molecule has 0 spiro atoms. The Morgan fingerprint density at radius 3 is 2.52 bits per heavy atom. The SMILES string of the molecule is Cc1nc2c(cnn2C(C)C)cc1C(=O)N1CCC(C(=O)c2ccc3c(c2)OCCO3)CC1. The zero-order valence-corrected chi connectivity index (χ0v) is 19.2. The van der Waals surface area contributed by atoms with Crippen molar-refractivity contribution in [2.24, 2.45) is 5.92 Å². The van der Waals surface area contributed by atoms with E-state index in [1.807, 2.05) is 22.6 Å². The van der Waals surface area contributed by atoms with Crippen LogP contribution in [0, 0.1) is 12.8 Å². The first kappa shape index (κ1) is 21.4. The summed E-state index contributed by atoms with van der Waals surface area (Å²) in [4.78, 5) is 32.8. The van der Waals surface area contributed by atoms with Crippen LogP contribution in [0.4, 0.5) is 0 Å². The van der Waals surface area contributed by atoms with Crippen LogP contribution in [0.1, 0.15) is 59.1 Å². The number of piperidine rings is 1. The molecule has 0 N–H and O–H groups in total. The molecule has 2 aromatic heterocycles. The minimum Gasteiger partial charge on any atom is -0.486 e. The molecular weight excluding hydrogens is 420 g/mol. The predicted molar refractivity (Wildman–Crippen MR) is 123 cm³/mol. The van der Waals surface area contributed by atoms with Crippen LogP contribution >= 0.6 is 0 Å². The number of fused-ring (bicyclic) bond motifs is 2. The Morgan fingerprint density at radius 1 is 1.06 bits per heavy atom. The Hall–Kier alpha value is -3.42. The number of carbonyl (C=O) groups excluding carboxylic acids is 2. The standard InChI is InChI=1S/C25H28N4O4/c1-15(2)29-24-19(14-26-29)12-20(16(3)27-24)25(31)28-8-6-17(7-9-28)23(30)18-4-5-21-22(13-18)33-11-10-32-21/h4-5,12-15,17H,6-11H2,1-3H3. The van der Waals surface area contributed by atoms with Gasteiger partial charge >= 0.3 is 0 Å². The molecule has 0 unspecified atom stereocenters. The Balaban J connectivity index is 1.28. The third-order valence-corrected chi connectivity index (χ3v) is 6.46. The minimum absolute atomic E-state index is 0.0376. The van der Waals surface area contributed by atoms with Gasteiger partial charge in [0.25, 0.3) is 5.91 Å². The van der Waals surface area contributed by atoms with E-state index in [0.29, 0.717) is 67.5 Å². The Bertz CT molecular complexity index is 1220. The quantitative estimate of drug-likeness (QED) is 0.564. The van der Waals surface area contributed by atoms with E-state index in [2.05, 4.69) is 23.9 Å². The molecule has 0 aliphatic carbocycles. The van der Waals surface area contributed by atoms with Crippen molar-refractivity contribution in [1.29, 1.82) is 0 Å². The van der Waals surface area contributed by atoms with E-state index in [0.717, 1.165) is 11.0 Å². The lowest BCUT2D eigenvalue weighted by atomic mass is 9.88. The van der Waals surface area contributed by atoms with Gasteiger partial charge in [-0.1, -0.05) is 0 Å². The topological polar surface area (TPSA) is 86.6 Å². The summed E-state index contributed by atoms with van der Waals surface area (Å²) < 4.78 is 13.0. The molecule has 1 fully saturated rings. The van der Waals surface area contributed by atoms with Gasteiger partial charge in [-0.3, -0.25) is 9.59 Å². The fourth-order valence-corrected chi connectivity index (χ4v) is 4.61. The second-order valence-electron chi connectivity index (χ2n) is 9.01.